The van der Waals surface area contributed by atoms with Crippen LogP contribution < -0.4 is 15.0 Å². The van der Waals surface area contributed by atoms with E-state index in [-0.39, 0.29) is 47.4 Å². The third-order valence-electron chi connectivity index (χ3n) is 11.0. The highest BCUT2D eigenvalue weighted by Gasteiger charge is 2.49. The molecule has 10 heteroatoms. The predicted molar refractivity (Wildman–Crippen MR) is 181 cm³/mol. The van der Waals surface area contributed by atoms with Crippen molar-refractivity contribution in [1.82, 2.24) is 25.2 Å². The van der Waals surface area contributed by atoms with Crippen molar-refractivity contribution in [2.24, 2.45) is 0 Å². The Bertz CT molecular complexity index is 2020. The van der Waals surface area contributed by atoms with Crippen LogP contribution in [0.2, 0.25) is 0 Å². The molecule has 6 heterocycles. The highest BCUT2D eigenvalue weighted by molar-refractivity contribution is 6.03. The van der Waals surface area contributed by atoms with Gasteiger partial charge in [0.1, 0.15) is 35.6 Å². The van der Waals surface area contributed by atoms with Gasteiger partial charge in [0, 0.05) is 55.5 Å². The number of hydrogen-bond donors (Lipinski definition) is 1. The summed E-state index contributed by atoms with van der Waals surface area (Å²) in [5.74, 6) is 4.55. The van der Waals surface area contributed by atoms with Gasteiger partial charge in [-0.05, 0) is 49.6 Å². The molecular formula is C38H37F3N6O. The van der Waals surface area contributed by atoms with Crippen molar-refractivity contribution in [3.63, 3.8) is 0 Å². The average Bonchev–Trinajstić information content (AvgIpc) is 3.61. The number of nitrogens with one attached hydrogen (secondary N) is 1. The Labute approximate surface area is 278 Å². The van der Waals surface area contributed by atoms with Gasteiger partial charge in [0.2, 0.25) is 0 Å². The van der Waals surface area contributed by atoms with E-state index in [1.807, 2.05) is 6.07 Å². The van der Waals surface area contributed by atoms with E-state index < -0.39 is 23.3 Å². The van der Waals surface area contributed by atoms with Gasteiger partial charge >= 0.3 is 6.01 Å². The van der Waals surface area contributed by atoms with Crippen LogP contribution in [0.4, 0.5) is 19.0 Å². The first-order chi connectivity index (χ1) is 23.3. The summed E-state index contributed by atoms with van der Waals surface area (Å²) < 4.78 is 53.2. The number of hydrogen-bond acceptors (Lipinski definition) is 7. The number of pyridine rings is 1. The van der Waals surface area contributed by atoms with E-state index >= 15 is 8.78 Å². The number of rotatable bonds is 5. The molecule has 3 fully saturated rings. The Kier molecular flexibility index (Phi) is 7.69. The zero-order valence-corrected chi connectivity index (χ0v) is 26.9. The second-order valence-corrected chi connectivity index (χ2v) is 13.8. The summed E-state index contributed by atoms with van der Waals surface area (Å²) in [5.41, 5.74) is 0.813. The molecular weight excluding hydrogens is 613 g/mol. The first kappa shape index (κ1) is 30.9. The fourth-order valence-corrected chi connectivity index (χ4v) is 8.71. The number of aromatic nitrogens is 3. The Hall–Kier alpha value is -4.38. The highest BCUT2D eigenvalue weighted by atomic mass is 19.1. The summed E-state index contributed by atoms with van der Waals surface area (Å²) in [4.78, 5) is 19.1. The molecule has 0 saturated carbocycles. The molecule has 1 N–H and O–H groups in total. The summed E-state index contributed by atoms with van der Waals surface area (Å²) >= 11 is 0. The molecule has 0 aliphatic carbocycles. The maximum absolute atomic E-state index is 17.2. The van der Waals surface area contributed by atoms with Crippen molar-refractivity contribution in [2.45, 2.75) is 75.2 Å². The van der Waals surface area contributed by atoms with Crippen LogP contribution in [0.1, 0.15) is 62.6 Å². The lowest BCUT2D eigenvalue weighted by Crippen LogP contribution is -2.58. The fraction of sp³-hybridized carbons (Fsp3) is 0.447. The zero-order valence-electron chi connectivity index (χ0n) is 26.9. The van der Waals surface area contributed by atoms with Crippen LogP contribution in [0.5, 0.6) is 6.01 Å². The maximum Gasteiger partial charge on any atom is 0.319 e. The Morgan fingerprint density at radius 2 is 1.96 bits per heavy atom. The van der Waals surface area contributed by atoms with Gasteiger partial charge in [0.25, 0.3) is 0 Å². The lowest BCUT2D eigenvalue weighted by Gasteiger charge is -2.44. The molecule has 8 rings (SSSR count). The Morgan fingerprint density at radius 3 is 2.79 bits per heavy atom. The summed E-state index contributed by atoms with van der Waals surface area (Å²) in [5, 5.41) is 5.22. The van der Waals surface area contributed by atoms with Crippen molar-refractivity contribution >= 4 is 27.5 Å². The van der Waals surface area contributed by atoms with E-state index in [2.05, 4.69) is 33.9 Å². The van der Waals surface area contributed by atoms with Crippen molar-refractivity contribution in [1.29, 1.82) is 0 Å². The topological polar surface area (TPSA) is 66.4 Å². The third-order valence-corrected chi connectivity index (χ3v) is 11.0. The predicted octanol–water partition coefficient (Wildman–Crippen LogP) is 6.13. The Balaban J connectivity index is 1.35. The lowest BCUT2D eigenvalue weighted by molar-refractivity contribution is 0.107. The number of fused-ring (bicyclic) bond motifs is 4. The molecule has 3 saturated heterocycles. The van der Waals surface area contributed by atoms with Gasteiger partial charge < -0.3 is 15.0 Å². The standard InChI is InChI=1S/C38H37F3N6O/c1-4-8-28-29-14-11-22(3)33-31-35(32(41)34(43-33)26-10-6-9-23-12-13-27(40)25(5-2)30(23)26)44-37(45-36(31)47(29)18-16-42-28)48-21-38-15-7-17-46(38)20-24(39)19-38/h1-2,6,9-10,12-13,22,24,28-29,42H,7-8,11,14-21H2,3H3/t22-,24-,28+,29-,38+/m1/s1. The molecule has 4 aromatic rings. The molecule has 4 aliphatic rings. The molecule has 0 unspecified atom stereocenters. The van der Waals surface area contributed by atoms with Gasteiger partial charge in [-0.3, -0.25) is 4.90 Å². The van der Waals surface area contributed by atoms with Crippen molar-refractivity contribution in [3.05, 3.63) is 53.2 Å². The monoisotopic (exact) mass is 650 g/mol. The molecule has 0 spiro atoms. The van der Waals surface area contributed by atoms with Gasteiger partial charge in [-0.1, -0.05) is 37.1 Å². The second-order valence-electron chi connectivity index (χ2n) is 13.8. The van der Waals surface area contributed by atoms with Crippen LogP contribution >= 0.6 is 0 Å². The number of halogens is 3. The van der Waals surface area contributed by atoms with Gasteiger partial charge in [0.15, 0.2) is 5.82 Å². The van der Waals surface area contributed by atoms with Crippen molar-refractivity contribution in [2.75, 3.05) is 37.7 Å². The summed E-state index contributed by atoms with van der Waals surface area (Å²) in [6.07, 6.45) is 15.0. The van der Waals surface area contributed by atoms with E-state index in [0.29, 0.717) is 65.7 Å². The highest BCUT2D eigenvalue weighted by Crippen LogP contribution is 2.44. The normalized spacial score (nSPS) is 26.8. The van der Waals surface area contributed by atoms with Crippen LogP contribution in [0.25, 0.3) is 32.9 Å². The Morgan fingerprint density at radius 1 is 1.08 bits per heavy atom. The fourth-order valence-electron chi connectivity index (χ4n) is 8.71. The summed E-state index contributed by atoms with van der Waals surface area (Å²) in [7, 11) is 0. The minimum Gasteiger partial charge on any atom is -0.461 e. The quantitative estimate of drug-likeness (QED) is 0.261. The first-order valence-electron chi connectivity index (χ1n) is 16.9. The molecule has 2 aromatic carbocycles. The number of alkyl halides is 1. The number of nitrogens with zero attached hydrogens (tertiary/aromatic N) is 5. The molecule has 4 aliphatic heterocycles. The van der Waals surface area contributed by atoms with Gasteiger partial charge in [-0.25, -0.2) is 18.2 Å². The molecule has 246 valence electrons. The van der Waals surface area contributed by atoms with E-state index in [9.17, 15) is 4.39 Å². The summed E-state index contributed by atoms with van der Waals surface area (Å²) in [6.45, 7) is 4.81. The molecule has 48 heavy (non-hydrogen) atoms. The molecule has 0 radical (unpaired) electrons. The average molecular weight is 651 g/mol. The van der Waals surface area contributed by atoms with Gasteiger partial charge in [-0.2, -0.15) is 9.97 Å². The molecule has 7 nitrogen and oxygen atoms in total. The van der Waals surface area contributed by atoms with Crippen LogP contribution in [-0.4, -0.2) is 76.4 Å². The minimum atomic E-state index is -0.914. The van der Waals surface area contributed by atoms with Crippen LogP contribution in [-0.2, 0) is 0 Å². The number of anilines is 1. The number of benzene rings is 2. The molecule has 0 amide bonds. The molecule has 2 aromatic heterocycles. The smallest absolute Gasteiger partial charge is 0.319 e. The van der Waals surface area contributed by atoms with Crippen LogP contribution in [0, 0.1) is 36.3 Å². The second kappa shape index (κ2) is 11.9. The minimum absolute atomic E-state index is 0.0179. The van der Waals surface area contributed by atoms with Crippen molar-refractivity contribution < 1.29 is 17.9 Å². The van der Waals surface area contributed by atoms with Crippen molar-refractivity contribution in [3.8, 4) is 42.0 Å². The number of piperazine rings is 1. The van der Waals surface area contributed by atoms with Gasteiger partial charge in [0.05, 0.1) is 22.2 Å². The van der Waals surface area contributed by atoms with E-state index in [1.54, 1.807) is 18.2 Å². The third kappa shape index (κ3) is 4.88. The number of ether oxygens (including phenoxy) is 1. The zero-order chi connectivity index (χ0) is 33.2. The SMILES string of the molecule is C#CC[C@@H]1NCCN2c3nc(OC[C@@]45CCCN4C[C@H](F)C5)nc4c(F)c(-c5cccc6ccc(F)c(C#C)c56)nc(c34)[C@H](C)CC[C@H]12. The number of terminal acetylenes is 2. The largest absolute Gasteiger partial charge is 0.461 e. The van der Waals surface area contributed by atoms with E-state index in [0.717, 1.165) is 32.2 Å². The summed E-state index contributed by atoms with van der Waals surface area (Å²) in [6, 6.07) is 8.37. The molecule has 5 atom stereocenters. The van der Waals surface area contributed by atoms with E-state index in [1.165, 1.54) is 6.07 Å². The van der Waals surface area contributed by atoms with Crippen LogP contribution in [0.3, 0.4) is 0 Å². The maximum atomic E-state index is 17.2. The first-order valence-corrected chi connectivity index (χ1v) is 16.9. The van der Waals surface area contributed by atoms with E-state index in [4.69, 9.17) is 32.5 Å². The van der Waals surface area contributed by atoms with Crippen LogP contribution in [0.15, 0.2) is 30.3 Å². The molecule has 0 bridgehead atoms. The lowest BCUT2D eigenvalue weighted by atomic mass is 9.87. The van der Waals surface area contributed by atoms with Gasteiger partial charge in [-0.15, -0.1) is 18.8 Å².